The number of carbonyl (C=O) groups excluding carboxylic acids is 3. The lowest BCUT2D eigenvalue weighted by molar-refractivity contribution is -0.192. The molecular formula is C50H70F3N7O8. The Morgan fingerprint density at radius 1 is 0.632 bits per heavy atom. The predicted octanol–water partition coefficient (Wildman–Crippen LogP) is 6.38. The second-order valence-electron chi connectivity index (χ2n) is 20.6. The molecule has 3 heterocycles. The Kier molecular flexibility index (Phi) is 15.4. The molecule has 0 unspecified atom stereocenters. The summed E-state index contributed by atoms with van der Waals surface area (Å²) in [6, 6.07) is 21.5. The molecule has 15 nitrogen and oxygen atoms in total. The van der Waals surface area contributed by atoms with Crippen LogP contribution in [0.25, 0.3) is 0 Å². The van der Waals surface area contributed by atoms with E-state index < -0.39 is 18.1 Å². The van der Waals surface area contributed by atoms with Crippen LogP contribution in [0.5, 0.6) is 0 Å². The Hall–Kier alpha value is -4.94. The number of morpholine rings is 1. The number of carboxylic acids is 2. The quantitative estimate of drug-likeness (QED) is 0.245. The molecule has 7 fully saturated rings. The van der Waals surface area contributed by atoms with Gasteiger partial charge in [-0.3, -0.25) is 19.4 Å². The van der Waals surface area contributed by atoms with Crippen molar-refractivity contribution in [3.63, 3.8) is 0 Å². The average molecular weight is 954 g/mol. The van der Waals surface area contributed by atoms with Crippen molar-refractivity contribution in [1.29, 1.82) is 0 Å². The third-order valence-corrected chi connectivity index (χ3v) is 16.0. The second-order valence-corrected chi connectivity index (χ2v) is 20.6. The van der Waals surface area contributed by atoms with Gasteiger partial charge in [0, 0.05) is 50.3 Å². The highest BCUT2D eigenvalue weighted by Crippen LogP contribution is 2.51. The number of halogens is 3. The molecule has 9 rings (SSSR count). The largest absolute Gasteiger partial charge is 0.490 e. The molecule has 5 amide bonds. The lowest BCUT2D eigenvalue weighted by Gasteiger charge is -2.51. The number of ether oxygens (including phenoxy) is 1. The first-order valence-corrected chi connectivity index (χ1v) is 24.2. The number of rotatable bonds is 12. The number of carbonyl (C=O) groups is 5. The van der Waals surface area contributed by atoms with Crippen LogP contribution >= 0.6 is 0 Å². The molecule has 0 radical (unpaired) electrons. The summed E-state index contributed by atoms with van der Waals surface area (Å²) in [6.07, 6.45) is 7.47. The SMILES string of the molecule is CN(C)C1(c2ccccc2)CCC2(CC1)CN(CC(=O)N1CCOCC1)C(=O)N2CC1CC1.CN(C)C1(c2ccccc2)CCC2(CC1)CN(CC(=O)O)C(=O)N2CC1CC1.O=C(O)C(F)(F)F. The lowest BCUT2D eigenvalue weighted by atomic mass is 9.68. The summed E-state index contributed by atoms with van der Waals surface area (Å²) < 4.78 is 37.1. The number of nitrogens with zero attached hydrogens (tertiary/aromatic N) is 7. The maximum Gasteiger partial charge on any atom is 0.490 e. The highest BCUT2D eigenvalue weighted by atomic mass is 19.4. The fourth-order valence-electron chi connectivity index (χ4n) is 11.5. The minimum absolute atomic E-state index is 0.00213. The van der Waals surface area contributed by atoms with Crippen LogP contribution in [0.1, 0.15) is 88.2 Å². The van der Waals surface area contributed by atoms with Gasteiger partial charge in [0.25, 0.3) is 0 Å². The summed E-state index contributed by atoms with van der Waals surface area (Å²) in [7, 11) is 8.65. The molecule has 2 N–H and O–H groups in total. The van der Waals surface area contributed by atoms with E-state index in [0.29, 0.717) is 51.2 Å². The summed E-state index contributed by atoms with van der Waals surface area (Å²) in [5.74, 6) is -2.40. The smallest absolute Gasteiger partial charge is 0.480 e. The number of hydrogen-bond donors (Lipinski definition) is 2. The van der Waals surface area contributed by atoms with Crippen LogP contribution in [-0.4, -0.2) is 185 Å². The first kappa shape index (κ1) is 50.9. The van der Waals surface area contributed by atoms with E-state index in [9.17, 15) is 37.5 Å². The summed E-state index contributed by atoms with van der Waals surface area (Å²) in [4.78, 5) is 73.8. The zero-order valence-corrected chi connectivity index (χ0v) is 40.1. The first-order chi connectivity index (χ1) is 32.2. The number of carboxylic acid groups (broad SMARTS) is 2. The zero-order valence-electron chi connectivity index (χ0n) is 40.1. The van der Waals surface area contributed by atoms with Gasteiger partial charge in [0.2, 0.25) is 5.91 Å². The van der Waals surface area contributed by atoms with E-state index in [2.05, 4.69) is 97.5 Å². The fourth-order valence-corrected chi connectivity index (χ4v) is 11.5. The molecule has 4 aliphatic carbocycles. The molecule has 374 valence electrons. The van der Waals surface area contributed by atoms with Gasteiger partial charge in [-0.15, -0.1) is 0 Å². The highest BCUT2D eigenvalue weighted by molar-refractivity contribution is 5.86. The maximum absolute atomic E-state index is 13.6. The summed E-state index contributed by atoms with van der Waals surface area (Å²) in [6.45, 7) is 5.28. The molecule has 18 heteroatoms. The van der Waals surface area contributed by atoms with Crippen molar-refractivity contribution in [2.45, 2.75) is 105 Å². The molecule has 2 aromatic carbocycles. The summed E-state index contributed by atoms with van der Waals surface area (Å²) in [5.41, 5.74) is 2.29. The van der Waals surface area contributed by atoms with Crippen molar-refractivity contribution in [2.24, 2.45) is 11.8 Å². The Balaban J connectivity index is 0.000000179. The molecular weight excluding hydrogens is 884 g/mol. The van der Waals surface area contributed by atoms with Gasteiger partial charge >= 0.3 is 30.2 Å². The average Bonchev–Trinajstić information content (AvgIpc) is 4.27. The van der Waals surface area contributed by atoms with Crippen molar-refractivity contribution in [1.82, 2.24) is 34.3 Å². The minimum Gasteiger partial charge on any atom is -0.480 e. The van der Waals surface area contributed by atoms with Crippen LogP contribution in [-0.2, 0) is 30.2 Å². The van der Waals surface area contributed by atoms with Crippen LogP contribution in [0.2, 0.25) is 0 Å². The van der Waals surface area contributed by atoms with E-state index in [4.69, 9.17) is 14.6 Å². The van der Waals surface area contributed by atoms with Crippen molar-refractivity contribution >= 4 is 29.9 Å². The third-order valence-electron chi connectivity index (χ3n) is 16.0. The lowest BCUT2D eigenvalue weighted by Crippen LogP contribution is -2.55. The highest BCUT2D eigenvalue weighted by Gasteiger charge is 2.57. The number of aliphatic carboxylic acids is 2. The second kappa shape index (κ2) is 20.6. The zero-order chi connectivity index (χ0) is 49.1. The molecule has 3 saturated heterocycles. The Labute approximate surface area is 398 Å². The maximum atomic E-state index is 13.6. The van der Waals surface area contributed by atoms with Gasteiger partial charge in [0.15, 0.2) is 0 Å². The number of alkyl halides is 3. The van der Waals surface area contributed by atoms with Gasteiger partial charge in [-0.05, 0) is 128 Å². The third kappa shape index (κ3) is 11.1. The van der Waals surface area contributed by atoms with Gasteiger partial charge in [-0.2, -0.15) is 13.2 Å². The van der Waals surface area contributed by atoms with E-state index in [1.165, 1.54) is 36.8 Å². The number of amides is 5. The number of benzene rings is 2. The van der Waals surface area contributed by atoms with Crippen molar-refractivity contribution in [3.05, 3.63) is 71.8 Å². The Morgan fingerprint density at radius 3 is 1.32 bits per heavy atom. The van der Waals surface area contributed by atoms with Crippen LogP contribution < -0.4 is 0 Å². The van der Waals surface area contributed by atoms with E-state index >= 15 is 0 Å². The van der Waals surface area contributed by atoms with Crippen LogP contribution in [0, 0.1) is 11.8 Å². The molecule has 7 aliphatic rings. The minimum atomic E-state index is -5.08. The van der Waals surface area contributed by atoms with E-state index in [0.717, 1.165) is 64.5 Å². The Morgan fingerprint density at radius 2 is 1.00 bits per heavy atom. The van der Waals surface area contributed by atoms with E-state index in [1.54, 1.807) is 4.90 Å². The van der Waals surface area contributed by atoms with Crippen molar-refractivity contribution < 1.29 is 52.1 Å². The number of hydrogen-bond acceptors (Lipinski definition) is 8. The molecule has 4 saturated carbocycles. The van der Waals surface area contributed by atoms with Gasteiger partial charge < -0.3 is 39.4 Å². The fraction of sp³-hybridized carbons (Fsp3) is 0.660. The summed E-state index contributed by atoms with van der Waals surface area (Å²) >= 11 is 0. The van der Waals surface area contributed by atoms with Gasteiger partial charge in [0.1, 0.15) is 13.1 Å². The van der Waals surface area contributed by atoms with Crippen molar-refractivity contribution in [3.8, 4) is 0 Å². The molecule has 2 aromatic rings. The van der Waals surface area contributed by atoms with Crippen LogP contribution in [0.3, 0.4) is 0 Å². The Bertz CT molecular complexity index is 2080. The molecule has 0 bridgehead atoms. The molecule has 0 aromatic heterocycles. The van der Waals surface area contributed by atoms with Gasteiger partial charge in [-0.25, -0.2) is 14.4 Å². The predicted molar refractivity (Wildman–Crippen MR) is 248 cm³/mol. The first-order valence-electron chi connectivity index (χ1n) is 24.2. The van der Waals surface area contributed by atoms with Gasteiger partial charge in [-0.1, -0.05) is 60.7 Å². The molecule has 0 atom stereocenters. The molecule has 3 aliphatic heterocycles. The van der Waals surface area contributed by atoms with Gasteiger partial charge in [0.05, 0.1) is 24.3 Å². The monoisotopic (exact) mass is 954 g/mol. The van der Waals surface area contributed by atoms with Crippen LogP contribution in [0.4, 0.5) is 22.8 Å². The van der Waals surface area contributed by atoms with E-state index in [-0.39, 0.29) is 53.2 Å². The van der Waals surface area contributed by atoms with E-state index in [1.807, 2.05) is 20.8 Å². The molecule has 68 heavy (non-hydrogen) atoms. The summed E-state index contributed by atoms with van der Waals surface area (Å²) in [5, 5.41) is 16.4. The topological polar surface area (TPSA) is 158 Å². The number of urea groups is 2. The normalized spacial score (nSPS) is 28.5. The van der Waals surface area contributed by atoms with Crippen LogP contribution in [0.15, 0.2) is 60.7 Å². The van der Waals surface area contributed by atoms with Crippen molar-refractivity contribution in [2.75, 3.05) is 93.8 Å². The molecule has 2 spiro atoms. The standard InChI is InChI=1S/C26H38N4O3.C22H31N3O3.C2HF3O2/c1-27(2)26(22-6-4-3-5-7-22)12-10-25(11-13-26)20-29(24(32)30(25)18-21-8-9-21)19-23(31)28-14-16-33-17-15-28;1-23(2)22(18-6-4-3-5-7-18)12-10-21(11-13-22)16-24(15-19(26)27)20(28)25(21)14-17-8-9-17;3-2(4,5)1(6)7/h3-7,21H,8-20H2,1-2H3;3-7,17H,8-16H2,1-2H3,(H,26,27);(H,6,7).